The van der Waals surface area contributed by atoms with E-state index in [1.54, 1.807) is 13.1 Å². The lowest BCUT2D eigenvalue weighted by molar-refractivity contribution is 0.468. The summed E-state index contributed by atoms with van der Waals surface area (Å²) in [7, 11) is 1.76. The zero-order valence-corrected chi connectivity index (χ0v) is 18.8. The van der Waals surface area contributed by atoms with Crippen LogP contribution in [-0.2, 0) is 6.54 Å². The van der Waals surface area contributed by atoms with Gasteiger partial charge in [0, 0.05) is 32.7 Å². The average molecular weight is 500 g/mol. The molecule has 0 amide bonds. The average Bonchev–Trinajstić information content (AvgIpc) is 2.76. The number of anilines is 1. The van der Waals surface area contributed by atoms with Gasteiger partial charge in [0.1, 0.15) is 6.07 Å². The summed E-state index contributed by atoms with van der Waals surface area (Å²) in [6.07, 6.45) is 2.11. The molecule has 1 saturated heterocycles. The Bertz CT molecular complexity index is 927. The number of rotatable bonds is 4. The molecule has 1 fully saturated rings. The lowest BCUT2D eigenvalue weighted by Crippen LogP contribution is -2.51. The van der Waals surface area contributed by atoms with Crippen LogP contribution in [0.5, 0.6) is 0 Å². The van der Waals surface area contributed by atoms with Crippen molar-refractivity contribution in [2.24, 2.45) is 4.99 Å². The van der Waals surface area contributed by atoms with E-state index in [1.165, 1.54) is 0 Å². The van der Waals surface area contributed by atoms with Crippen LogP contribution in [0, 0.1) is 22.7 Å². The Morgan fingerprint density at radius 1 is 1.17 bits per heavy atom. The zero-order valence-electron chi connectivity index (χ0n) is 16.4. The van der Waals surface area contributed by atoms with Gasteiger partial charge >= 0.3 is 0 Å². The Balaban J connectivity index is 0.00000300. The third kappa shape index (κ3) is 6.10. The maximum atomic E-state index is 9.37. The second-order valence-electron chi connectivity index (χ2n) is 6.80. The molecule has 0 spiro atoms. The molecule has 1 aliphatic rings. The van der Waals surface area contributed by atoms with Crippen LogP contribution in [0.3, 0.4) is 0 Å². The summed E-state index contributed by atoms with van der Waals surface area (Å²) in [5.41, 5.74) is 3.40. The first-order valence-corrected chi connectivity index (χ1v) is 9.44. The van der Waals surface area contributed by atoms with Gasteiger partial charge in [-0.3, -0.25) is 4.99 Å². The van der Waals surface area contributed by atoms with Crippen molar-refractivity contribution in [3.63, 3.8) is 0 Å². The molecular weight excluding hydrogens is 475 g/mol. The van der Waals surface area contributed by atoms with Gasteiger partial charge in [-0.25, -0.2) is 0 Å². The van der Waals surface area contributed by atoms with E-state index in [0.717, 1.165) is 43.1 Å². The van der Waals surface area contributed by atoms with Crippen molar-refractivity contribution >= 4 is 35.6 Å². The molecule has 2 N–H and O–H groups in total. The summed E-state index contributed by atoms with van der Waals surface area (Å²) in [6.45, 7) is 2.37. The second kappa shape index (κ2) is 11.3. The predicted octanol–water partition coefficient (Wildman–Crippen LogP) is 3.38. The first kappa shape index (κ1) is 22.5. The largest absolute Gasteiger partial charge is 0.368 e. The molecular formula is C22H25IN6. The first-order chi connectivity index (χ1) is 13.7. The Hall–Kier alpha value is -2.78. The minimum absolute atomic E-state index is 0. The number of nitriles is 2. The molecule has 0 bridgehead atoms. The van der Waals surface area contributed by atoms with Crippen LogP contribution in [-0.4, -0.2) is 32.1 Å². The van der Waals surface area contributed by atoms with E-state index in [9.17, 15) is 5.26 Å². The fourth-order valence-electron chi connectivity index (χ4n) is 3.48. The maximum absolute atomic E-state index is 9.37. The smallest absolute Gasteiger partial charge is 0.191 e. The van der Waals surface area contributed by atoms with Crippen LogP contribution < -0.4 is 15.5 Å². The monoisotopic (exact) mass is 500 g/mol. The Morgan fingerprint density at radius 3 is 2.76 bits per heavy atom. The lowest BCUT2D eigenvalue weighted by Gasteiger charge is -2.35. The predicted molar refractivity (Wildman–Crippen MR) is 126 cm³/mol. The van der Waals surface area contributed by atoms with Crippen LogP contribution in [0.2, 0.25) is 0 Å². The number of nitrogens with one attached hydrogen (secondary N) is 2. The highest BCUT2D eigenvalue weighted by Gasteiger charge is 2.22. The van der Waals surface area contributed by atoms with Crippen LogP contribution in [0.25, 0.3) is 0 Å². The summed E-state index contributed by atoms with van der Waals surface area (Å²) in [5.74, 6) is 0.739. The standard InChI is InChI=1S/C22H24N6.HI/c1-25-22(26-15-18-7-4-6-17(12-18)13-23)27-20-9-5-11-28(16-20)21-10-3-2-8-19(21)14-24;/h2-4,6-8,10,12,20H,5,9,11,15-16H2,1H3,(H2,25,26,27);1H. The normalized spacial score (nSPS) is 16.2. The minimum atomic E-state index is 0. The van der Waals surface area contributed by atoms with E-state index in [0.29, 0.717) is 17.7 Å². The van der Waals surface area contributed by atoms with Gasteiger partial charge < -0.3 is 15.5 Å². The summed E-state index contributed by atoms with van der Waals surface area (Å²) >= 11 is 0. The van der Waals surface area contributed by atoms with Gasteiger partial charge in [-0.2, -0.15) is 10.5 Å². The fourth-order valence-corrected chi connectivity index (χ4v) is 3.48. The Morgan fingerprint density at radius 2 is 2.00 bits per heavy atom. The molecule has 1 atom stereocenters. The molecule has 1 heterocycles. The SMILES string of the molecule is CN=C(NCc1cccc(C#N)c1)NC1CCCN(c2ccccc2C#N)C1.I. The number of para-hydroxylation sites is 1. The number of halogens is 1. The lowest BCUT2D eigenvalue weighted by atomic mass is 10.0. The summed E-state index contributed by atoms with van der Waals surface area (Å²) in [4.78, 5) is 6.60. The number of benzene rings is 2. The summed E-state index contributed by atoms with van der Waals surface area (Å²) < 4.78 is 0. The van der Waals surface area contributed by atoms with E-state index >= 15 is 0 Å². The van der Waals surface area contributed by atoms with E-state index in [2.05, 4.69) is 32.7 Å². The molecule has 6 nitrogen and oxygen atoms in total. The summed E-state index contributed by atoms with van der Waals surface area (Å²) in [6, 6.07) is 20.0. The number of hydrogen-bond acceptors (Lipinski definition) is 4. The van der Waals surface area contributed by atoms with Crippen molar-refractivity contribution in [2.45, 2.75) is 25.4 Å². The quantitative estimate of drug-likeness (QED) is 0.382. The third-order valence-corrected chi connectivity index (χ3v) is 4.87. The highest BCUT2D eigenvalue weighted by molar-refractivity contribution is 14.0. The molecule has 7 heteroatoms. The highest BCUT2D eigenvalue weighted by Crippen LogP contribution is 2.23. The van der Waals surface area contributed by atoms with Crippen LogP contribution in [0.15, 0.2) is 53.5 Å². The Labute approximate surface area is 189 Å². The van der Waals surface area contributed by atoms with Gasteiger partial charge in [-0.15, -0.1) is 24.0 Å². The van der Waals surface area contributed by atoms with Crippen LogP contribution in [0.1, 0.15) is 29.5 Å². The van der Waals surface area contributed by atoms with Crippen molar-refractivity contribution in [2.75, 3.05) is 25.0 Å². The number of hydrogen-bond donors (Lipinski definition) is 2. The van der Waals surface area contributed by atoms with Gasteiger partial charge in [-0.1, -0.05) is 24.3 Å². The van der Waals surface area contributed by atoms with E-state index < -0.39 is 0 Å². The van der Waals surface area contributed by atoms with Crippen LogP contribution in [0.4, 0.5) is 5.69 Å². The van der Waals surface area contributed by atoms with Crippen molar-refractivity contribution < 1.29 is 0 Å². The molecule has 3 rings (SSSR count). The zero-order chi connectivity index (χ0) is 19.8. The van der Waals surface area contributed by atoms with Gasteiger partial charge in [0.2, 0.25) is 0 Å². The van der Waals surface area contributed by atoms with Crippen molar-refractivity contribution in [1.29, 1.82) is 10.5 Å². The molecule has 2 aromatic rings. The molecule has 1 unspecified atom stereocenters. The molecule has 1 aliphatic heterocycles. The highest BCUT2D eigenvalue weighted by atomic mass is 127. The van der Waals surface area contributed by atoms with Gasteiger partial charge in [0.15, 0.2) is 5.96 Å². The maximum Gasteiger partial charge on any atom is 0.191 e. The van der Waals surface area contributed by atoms with Crippen molar-refractivity contribution in [1.82, 2.24) is 10.6 Å². The van der Waals surface area contributed by atoms with Gasteiger partial charge in [0.05, 0.1) is 22.9 Å². The molecule has 0 aromatic heterocycles. The number of aliphatic imine (C=N–C) groups is 1. The number of nitrogens with zero attached hydrogens (tertiary/aromatic N) is 4. The van der Waals surface area contributed by atoms with Crippen LogP contribution >= 0.6 is 24.0 Å². The molecule has 29 heavy (non-hydrogen) atoms. The molecule has 0 aliphatic carbocycles. The first-order valence-electron chi connectivity index (χ1n) is 9.44. The van der Waals surface area contributed by atoms with E-state index in [4.69, 9.17) is 5.26 Å². The fraction of sp³-hybridized carbons (Fsp3) is 0.318. The van der Waals surface area contributed by atoms with Crippen molar-refractivity contribution in [3.05, 3.63) is 65.2 Å². The van der Waals surface area contributed by atoms with Gasteiger partial charge in [-0.05, 0) is 42.7 Å². The topological polar surface area (TPSA) is 87.2 Å². The molecule has 2 aromatic carbocycles. The minimum Gasteiger partial charge on any atom is -0.368 e. The summed E-state index contributed by atoms with van der Waals surface area (Å²) in [5, 5.41) is 25.2. The van der Waals surface area contributed by atoms with Crippen molar-refractivity contribution in [3.8, 4) is 12.1 Å². The second-order valence-corrected chi connectivity index (χ2v) is 6.80. The van der Waals surface area contributed by atoms with Gasteiger partial charge in [0.25, 0.3) is 0 Å². The Kier molecular flexibility index (Phi) is 8.75. The third-order valence-electron chi connectivity index (χ3n) is 4.87. The van der Waals surface area contributed by atoms with E-state index in [-0.39, 0.29) is 30.0 Å². The number of piperidine rings is 1. The number of guanidine groups is 1. The van der Waals surface area contributed by atoms with E-state index in [1.807, 2.05) is 42.5 Å². The molecule has 0 radical (unpaired) electrons. The molecule has 0 saturated carbocycles. The molecule has 150 valence electrons.